The number of benzene rings is 2. The summed E-state index contributed by atoms with van der Waals surface area (Å²) in [7, 11) is 3.04. The first-order valence-electron chi connectivity index (χ1n) is 12.2. The molecule has 2 N–H and O–H groups in total. The van der Waals surface area contributed by atoms with E-state index in [1.807, 2.05) is 46.8 Å². The van der Waals surface area contributed by atoms with Gasteiger partial charge in [-0.3, -0.25) is 19.3 Å². The zero-order valence-electron chi connectivity index (χ0n) is 22.9. The molecule has 202 valence electrons. The standard InChI is InChI=1S/C29H35N3O5S/c1-18-10-8-11-21(19(18)2)32(25(33)17-30-27(34)24-12-9-15-38-24)26(28(35)31-29(3,4)5)20-13-14-22(36-6)23(16-20)37-7/h8-16,26H,17H2,1-7H3,(H,30,34)(H,31,35). The summed E-state index contributed by atoms with van der Waals surface area (Å²) in [6.07, 6.45) is 0. The van der Waals surface area contributed by atoms with Crippen LogP contribution >= 0.6 is 11.3 Å². The van der Waals surface area contributed by atoms with Crippen molar-refractivity contribution < 1.29 is 23.9 Å². The minimum absolute atomic E-state index is 0.295. The monoisotopic (exact) mass is 537 g/mol. The van der Waals surface area contributed by atoms with E-state index in [-0.39, 0.29) is 18.4 Å². The van der Waals surface area contributed by atoms with E-state index in [0.717, 1.165) is 11.1 Å². The second kappa shape index (κ2) is 12.1. The van der Waals surface area contributed by atoms with Crippen molar-refractivity contribution in [2.24, 2.45) is 0 Å². The van der Waals surface area contributed by atoms with Gasteiger partial charge >= 0.3 is 0 Å². The van der Waals surface area contributed by atoms with Crippen LogP contribution in [-0.4, -0.2) is 44.0 Å². The smallest absolute Gasteiger partial charge is 0.261 e. The predicted molar refractivity (Wildman–Crippen MR) is 150 cm³/mol. The van der Waals surface area contributed by atoms with Crippen molar-refractivity contribution in [1.82, 2.24) is 10.6 Å². The number of ether oxygens (including phenoxy) is 2. The van der Waals surface area contributed by atoms with Gasteiger partial charge in [0, 0.05) is 11.2 Å². The van der Waals surface area contributed by atoms with Gasteiger partial charge in [-0.1, -0.05) is 24.3 Å². The minimum Gasteiger partial charge on any atom is -0.493 e. The zero-order valence-corrected chi connectivity index (χ0v) is 23.7. The van der Waals surface area contributed by atoms with E-state index < -0.39 is 17.5 Å². The molecule has 0 radical (unpaired) electrons. The van der Waals surface area contributed by atoms with Gasteiger partial charge in [0.2, 0.25) is 11.8 Å². The van der Waals surface area contributed by atoms with Crippen molar-refractivity contribution in [2.75, 3.05) is 25.7 Å². The summed E-state index contributed by atoms with van der Waals surface area (Å²) in [6.45, 7) is 9.19. The average molecular weight is 538 g/mol. The molecule has 1 heterocycles. The lowest BCUT2D eigenvalue weighted by Crippen LogP contribution is -2.51. The molecule has 3 amide bonds. The molecule has 0 spiro atoms. The lowest BCUT2D eigenvalue weighted by atomic mass is 9.98. The number of methoxy groups -OCH3 is 2. The van der Waals surface area contributed by atoms with E-state index in [4.69, 9.17) is 9.47 Å². The number of hydrogen-bond donors (Lipinski definition) is 2. The van der Waals surface area contributed by atoms with E-state index in [2.05, 4.69) is 10.6 Å². The number of aryl methyl sites for hydroxylation is 1. The van der Waals surface area contributed by atoms with Crippen LogP contribution in [0.15, 0.2) is 53.9 Å². The van der Waals surface area contributed by atoms with E-state index in [0.29, 0.717) is 27.6 Å². The highest BCUT2D eigenvalue weighted by Gasteiger charge is 2.36. The Morgan fingerprint density at radius 3 is 2.29 bits per heavy atom. The molecule has 1 atom stereocenters. The molecule has 9 heteroatoms. The molecule has 3 rings (SSSR count). The molecule has 0 saturated carbocycles. The van der Waals surface area contributed by atoms with E-state index >= 15 is 0 Å². The summed E-state index contributed by atoms with van der Waals surface area (Å²) in [5.74, 6) is -0.232. The molecule has 0 aliphatic rings. The van der Waals surface area contributed by atoms with Gasteiger partial charge < -0.3 is 20.1 Å². The summed E-state index contributed by atoms with van der Waals surface area (Å²) in [4.78, 5) is 42.4. The van der Waals surface area contributed by atoms with Gasteiger partial charge in [0.1, 0.15) is 6.04 Å². The fourth-order valence-corrected chi connectivity index (χ4v) is 4.67. The quantitative estimate of drug-likeness (QED) is 0.409. The van der Waals surface area contributed by atoms with Gasteiger partial charge in [0.15, 0.2) is 11.5 Å². The van der Waals surface area contributed by atoms with Crippen LogP contribution in [0.3, 0.4) is 0 Å². The third-order valence-corrected chi connectivity index (χ3v) is 6.85. The number of carbonyl (C=O) groups excluding carboxylic acids is 3. The first-order valence-corrected chi connectivity index (χ1v) is 13.1. The molecule has 0 saturated heterocycles. The van der Waals surface area contributed by atoms with Crippen molar-refractivity contribution in [2.45, 2.75) is 46.2 Å². The number of carbonyl (C=O) groups is 3. The topological polar surface area (TPSA) is 97.0 Å². The molecule has 8 nitrogen and oxygen atoms in total. The average Bonchev–Trinajstić information content (AvgIpc) is 3.41. The van der Waals surface area contributed by atoms with Crippen molar-refractivity contribution >= 4 is 34.7 Å². The predicted octanol–water partition coefficient (Wildman–Crippen LogP) is 4.80. The van der Waals surface area contributed by atoms with Gasteiger partial charge in [0.25, 0.3) is 5.91 Å². The van der Waals surface area contributed by atoms with Gasteiger partial charge in [-0.2, -0.15) is 0 Å². The Balaban J connectivity index is 2.14. The number of nitrogens with zero attached hydrogens (tertiary/aromatic N) is 1. The van der Waals surface area contributed by atoms with E-state index in [9.17, 15) is 14.4 Å². The van der Waals surface area contributed by atoms with Crippen LogP contribution in [0.2, 0.25) is 0 Å². The van der Waals surface area contributed by atoms with Crippen molar-refractivity contribution in [3.05, 3.63) is 75.5 Å². The maximum absolute atomic E-state index is 13.9. The number of hydrogen-bond acceptors (Lipinski definition) is 6. The van der Waals surface area contributed by atoms with Crippen LogP contribution in [0.1, 0.15) is 53.2 Å². The number of nitrogens with one attached hydrogen (secondary N) is 2. The molecule has 0 fully saturated rings. The summed E-state index contributed by atoms with van der Waals surface area (Å²) in [5.41, 5.74) is 2.35. The summed E-state index contributed by atoms with van der Waals surface area (Å²) in [6, 6.07) is 13.1. The van der Waals surface area contributed by atoms with Crippen LogP contribution in [0.5, 0.6) is 11.5 Å². The van der Waals surface area contributed by atoms with Crippen LogP contribution in [0, 0.1) is 13.8 Å². The van der Waals surface area contributed by atoms with Crippen LogP contribution in [0.25, 0.3) is 0 Å². The number of thiophene rings is 1. The van der Waals surface area contributed by atoms with Crippen molar-refractivity contribution in [3.63, 3.8) is 0 Å². The Bertz CT molecular complexity index is 1300. The van der Waals surface area contributed by atoms with Crippen LogP contribution in [0.4, 0.5) is 5.69 Å². The van der Waals surface area contributed by atoms with E-state index in [1.54, 1.807) is 41.8 Å². The van der Waals surface area contributed by atoms with Crippen LogP contribution < -0.4 is 25.0 Å². The maximum Gasteiger partial charge on any atom is 0.261 e. The largest absolute Gasteiger partial charge is 0.493 e. The SMILES string of the molecule is COc1ccc(C(C(=O)NC(C)(C)C)N(C(=O)CNC(=O)c2cccs2)c2cccc(C)c2C)cc1OC. The molecule has 0 bridgehead atoms. The Morgan fingerprint density at radius 2 is 1.68 bits per heavy atom. The Kier molecular flexibility index (Phi) is 9.17. The van der Waals surface area contributed by atoms with Crippen molar-refractivity contribution in [3.8, 4) is 11.5 Å². The molecule has 1 aromatic heterocycles. The Labute approximate surface area is 228 Å². The van der Waals surface area contributed by atoms with Gasteiger partial charge in [0.05, 0.1) is 25.6 Å². The lowest BCUT2D eigenvalue weighted by Gasteiger charge is -2.35. The highest BCUT2D eigenvalue weighted by atomic mass is 32.1. The number of rotatable bonds is 9. The number of anilines is 1. The number of amides is 3. The second-order valence-electron chi connectivity index (χ2n) is 9.90. The fraction of sp³-hybridized carbons (Fsp3) is 0.345. The third-order valence-electron chi connectivity index (χ3n) is 5.98. The maximum atomic E-state index is 13.9. The molecular formula is C29H35N3O5S. The highest BCUT2D eigenvalue weighted by molar-refractivity contribution is 7.12. The minimum atomic E-state index is -1.05. The fourth-order valence-electron chi connectivity index (χ4n) is 4.03. The molecule has 3 aromatic rings. The first kappa shape index (κ1) is 28.7. The third kappa shape index (κ3) is 6.72. The zero-order chi connectivity index (χ0) is 28.0. The van der Waals surface area contributed by atoms with Gasteiger partial charge in [-0.25, -0.2) is 0 Å². The van der Waals surface area contributed by atoms with Crippen molar-refractivity contribution in [1.29, 1.82) is 0 Å². The molecular weight excluding hydrogens is 502 g/mol. The van der Waals surface area contributed by atoms with Crippen LogP contribution in [-0.2, 0) is 9.59 Å². The first-order chi connectivity index (χ1) is 18.0. The molecule has 1 unspecified atom stereocenters. The Hall–Kier alpha value is -3.85. The molecule has 0 aliphatic heterocycles. The Morgan fingerprint density at radius 1 is 0.974 bits per heavy atom. The molecule has 0 aliphatic carbocycles. The van der Waals surface area contributed by atoms with Gasteiger partial charge in [-0.15, -0.1) is 11.3 Å². The highest BCUT2D eigenvalue weighted by Crippen LogP contribution is 2.36. The molecule has 2 aromatic carbocycles. The van der Waals surface area contributed by atoms with E-state index in [1.165, 1.54) is 30.5 Å². The molecule has 38 heavy (non-hydrogen) atoms. The normalized spacial score (nSPS) is 11.9. The summed E-state index contributed by atoms with van der Waals surface area (Å²) >= 11 is 1.29. The van der Waals surface area contributed by atoms with Gasteiger partial charge in [-0.05, 0) is 81.0 Å². The summed E-state index contributed by atoms with van der Waals surface area (Å²) < 4.78 is 10.9. The second-order valence-corrected chi connectivity index (χ2v) is 10.8. The lowest BCUT2D eigenvalue weighted by molar-refractivity contribution is -0.127. The summed E-state index contributed by atoms with van der Waals surface area (Å²) in [5, 5.41) is 7.52.